The van der Waals surface area contributed by atoms with Crippen LogP contribution in [-0.2, 0) is 19.2 Å². The zero-order valence-electron chi connectivity index (χ0n) is 22.8. The number of rotatable bonds is 21. The van der Waals surface area contributed by atoms with Gasteiger partial charge in [-0.2, -0.15) is 0 Å². The smallest absolute Gasteiger partial charge is 0.326 e. The van der Waals surface area contributed by atoms with Crippen LogP contribution < -0.4 is 44.6 Å². The van der Waals surface area contributed by atoms with Crippen molar-refractivity contribution < 1.29 is 24.3 Å². The normalized spacial score (nSPS) is 14.9. The van der Waals surface area contributed by atoms with Crippen LogP contribution in [0.1, 0.15) is 71.6 Å². The maximum Gasteiger partial charge on any atom is 0.326 e. The molecule has 14 nitrogen and oxygen atoms in total. The minimum Gasteiger partial charge on any atom is -0.480 e. The highest BCUT2D eigenvalue weighted by Gasteiger charge is 2.30. The number of nitrogens with one attached hydrogen (secondary N) is 3. The second kappa shape index (κ2) is 20.1. The average molecular weight is 544 g/mol. The summed E-state index contributed by atoms with van der Waals surface area (Å²) >= 11 is 0. The molecule has 220 valence electrons. The third-order valence-electron chi connectivity index (χ3n) is 6.28. The number of guanidine groups is 1. The Hall–Kier alpha value is -2.97. The van der Waals surface area contributed by atoms with Crippen molar-refractivity contribution in [2.45, 2.75) is 95.8 Å². The van der Waals surface area contributed by atoms with E-state index >= 15 is 0 Å². The molecule has 0 saturated carbocycles. The lowest BCUT2D eigenvalue weighted by Crippen LogP contribution is -2.57. The molecule has 14 N–H and O–H groups in total. The number of aliphatic imine (C=N–C) groups is 1. The third kappa shape index (κ3) is 14.7. The summed E-state index contributed by atoms with van der Waals surface area (Å²) in [6, 6.07) is -3.96. The van der Waals surface area contributed by atoms with Crippen molar-refractivity contribution in [2.24, 2.45) is 39.6 Å². The first kappa shape index (κ1) is 35.0. The first-order chi connectivity index (χ1) is 18.0. The molecule has 0 bridgehead atoms. The molecule has 3 amide bonds. The molecule has 5 unspecified atom stereocenters. The molecular weight excluding hydrogens is 494 g/mol. The second-order valence-electron chi connectivity index (χ2n) is 9.45. The van der Waals surface area contributed by atoms with Crippen molar-refractivity contribution in [2.75, 3.05) is 19.6 Å². The summed E-state index contributed by atoms with van der Waals surface area (Å²) in [7, 11) is 0. The van der Waals surface area contributed by atoms with Gasteiger partial charge in [-0.25, -0.2) is 4.79 Å². The number of amides is 3. The van der Waals surface area contributed by atoms with Crippen molar-refractivity contribution in [1.29, 1.82) is 0 Å². The number of aliphatic carboxylic acids is 1. The average Bonchev–Trinajstić information content (AvgIpc) is 2.87. The molecule has 5 atom stereocenters. The summed E-state index contributed by atoms with van der Waals surface area (Å²) in [5.41, 5.74) is 27.8. The molecule has 0 spiro atoms. The van der Waals surface area contributed by atoms with Crippen LogP contribution in [-0.4, -0.2) is 78.6 Å². The van der Waals surface area contributed by atoms with Crippen LogP contribution >= 0.6 is 0 Å². The Balaban J connectivity index is 5.66. The summed E-state index contributed by atoms with van der Waals surface area (Å²) < 4.78 is 0. The van der Waals surface area contributed by atoms with E-state index in [1.165, 1.54) is 0 Å². The lowest BCUT2D eigenvalue weighted by molar-refractivity contribution is -0.142. The van der Waals surface area contributed by atoms with Crippen LogP contribution in [0.15, 0.2) is 4.99 Å². The zero-order valence-corrected chi connectivity index (χ0v) is 22.8. The minimum atomic E-state index is -1.19. The number of carbonyl (C=O) groups is 4. The molecule has 0 saturated heterocycles. The van der Waals surface area contributed by atoms with Gasteiger partial charge in [-0.15, -0.1) is 0 Å². The predicted octanol–water partition coefficient (Wildman–Crippen LogP) is -1.79. The largest absolute Gasteiger partial charge is 0.480 e. The Bertz CT molecular complexity index is 762. The molecule has 0 aromatic rings. The van der Waals surface area contributed by atoms with Gasteiger partial charge in [0.1, 0.15) is 18.1 Å². The minimum absolute atomic E-state index is 0.0935. The molecule has 0 aliphatic rings. The molecule has 14 heteroatoms. The van der Waals surface area contributed by atoms with Crippen molar-refractivity contribution in [1.82, 2.24) is 16.0 Å². The van der Waals surface area contributed by atoms with Gasteiger partial charge in [-0.1, -0.05) is 20.3 Å². The SMILES string of the molecule is CCC(C)C(N)C(=O)NC(CCCCN)C(=O)NC(CCCN=C(N)N)C(=O)NC(CCCCN)C(=O)O. The molecule has 0 fully saturated rings. The topological polar surface area (TPSA) is 267 Å². The van der Waals surface area contributed by atoms with Gasteiger partial charge in [0.15, 0.2) is 5.96 Å². The van der Waals surface area contributed by atoms with Crippen LogP contribution in [0, 0.1) is 5.92 Å². The Morgan fingerprint density at radius 3 is 1.66 bits per heavy atom. The molecule has 0 aliphatic heterocycles. The van der Waals surface area contributed by atoms with Crippen LogP contribution in [0.5, 0.6) is 0 Å². The maximum atomic E-state index is 13.2. The van der Waals surface area contributed by atoms with E-state index < -0.39 is 47.9 Å². The standard InChI is InChI=1S/C24H49N9O5/c1-3-15(2)19(27)22(36)32-16(9-4-6-12-25)20(34)31-17(11-8-14-30-24(28)29)21(35)33-18(23(37)38)10-5-7-13-26/h15-19H,3-14,25-27H2,1-2H3,(H,31,34)(H,32,36)(H,33,35)(H,37,38)(H4,28,29,30). The third-order valence-corrected chi connectivity index (χ3v) is 6.28. The lowest BCUT2D eigenvalue weighted by atomic mass is 9.98. The number of nitrogens with zero attached hydrogens (tertiary/aromatic N) is 1. The number of carbonyl (C=O) groups excluding carboxylic acids is 3. The van der Waals surface area contributed by atoms with E-state index in [0.29, 0.717) is 58.0 Å². The van der Waals surface area contributed by atoms with Gasteiger partial charge in [0.25, 0.3) is 0 Å². The quantitative estimate of drug-likeness (QED) is 0.0445. The molecular formula is C24H49N9O5. The van der Waals surface area contributed by atoms with Gasteiger partial charge < -0.3 is 49.7 Å². The Morgan fingerprint density at radius 1 is 0.763 bits per heavy atom. The van der Waals surface area contributed by atoms with E-state index in [2.05, 4.69) is 20.9 Å². The lowest BCUT2D eigenvalue weighted by Gasteiger charge is -2.26. The fourth-order valence-corrected chi connectivity index (χ4v) is 3.61. The summed E-state index contributed by atoms with van der Waals surface area (Å²) in [6.45, 7) is 4.79. The number of unbranched alkanes of at least 4 members (excludes halogenated alkanes) is 2. The summed E-state index contributed by atoms with van der Waals surface area (Å²) in [5.74, 6) is -3.10. The fourth-order valence-electron chi connectivity index (χ4n) is 3.61. The summed E-state index contributed by atoms with van der Waals surface area (Å²) in [5, 5.41) is 17.4. The molecule has 0 rings (SSSR count). The van der Waals surface area contributed by atoms with E-state index in [1.807, 2.05) is 13.8 Å². The van der Waals surface area contributed by atoms with Crippen LogP contribution in [0.4, 0.5) is 0 Å². The Labute approximate surface area is 225 Å². The van der Waals surface area contributed by atoms with Crippen molar-refractivity contribution >= 4 is 29.7 Å². The molecule has 0 heterocycles. The second-order valence-corrected chi connectivity index (χ2v) is 9.45. The van der Waals surface area contributed by atoms with Crippen LogP contribution in [0.3, 0.4) is 0 Å². The number of carboxylic acids is 1. The number of carboxylic acid groups (broad SMARTS) is 1. The highest BCUT2D eigenvalue weighted by atomic mass is 16.4. The number of hydrogen-bond acceptors (Lipinski definition) is 8. The van der Waals surface area contributed by atoms with Crippen molar-refractivity contribution in [3.8, 4) is 0 Å². The van der Waals surface area contributed by atoms with Gasteiger partial charge in [0.2, 0.25) is 17.7 Å². The van der Waals surface area contributed by atoms with E-state index in [9.17, 15) is 24.3 Å². The maximum absolute atomic E-state index is 13.2. The highest BCUT2D eigenvalue weighted by molar-refractivity contribution is 5.94. The van der Waals surface area contributed by atoms with Crippen LogP contribution in [0.2, 0.25) is 0 Å². The van der Waals surface area contributed by atoms with Crippen LogP contribution in [0.25, 0.3) is 0 Å². The van der Waals surface area contributed by atoms with Crippen molar-refractivity contribution in [3.63, 3.8) is 0 Å². The van der Waals surface area contributed by atoms with Crippen molar-refractivity contribution in [3.05, 3.63) is 0 Å². The molecule has 0 aliphatic carbocycles. The fraction of sp³-hybridized carbons (Fsp3) is 0.792. The first-order valence-corrected chi connectivity index (χ1v) is 13.3. The van der Waals surface area contributed by atoms with E-state index in [1.54, 1.807) is 0 Å². The zero-order chi connectivity index (χ0) is 29.1. The van der Waals surface area contributed by atoms with Gasteiger partial charge in [0.05, 0.1) is 6.04 Å². The molecule has 38 heavy (non-hydrogen) atoms. The Morgan fingerprint density at radius 2 is 1.21 bits per heavy atom. The molecule has 0 aromatic heterocycles. The van der Waals surface area contributed by atoms with Gasteiger partial charge >= 0.3 is 5.97 Å². The number of hydrogen-bond donors (Lipinski definition) is 9. The summed E-state index contributed by atoms with van der Waals surface area (Å²) in [6.07, 6.45) is 3.98. The predicted molar refractivity (Wildman–Crippen MR) is 147 cm³/mol. The monoisotopic (exact) mass is 543 g/mol. The Kier molecular flexibility index (Phi) is 18.5. The first-order valence-electron chi connectivity index (χ1n) is 13.3. The summed E-state index contributed by atoms with van der Waals surface area (Å²) in [4.78, 5) is 54.6. The van der Waals surface area contributed by atoms with Gasteiger partial charge in [-0.3, -0.25) is 19.4 Å². The van der Waals surface area contributed by atoms with Gasteiger partial charge in [-0.05, 0) is 70.4 Å². The number of nitrogens with two attached hydrogens (primary N) is 5. The molecule has 0 aromatic carbocycles. The van der Waals surface area contributed by atoms with E-state index in [-0.39, 0.29) is 31.3 Å². The molecule has 0 radical (unpaired) electrons. The van der Waals surface area contributed by atoms with Gasteiger partial charge in [0, 0.05) is 6.54 Å². The highest BCUT2D eigenvalue weighted by Crippen LogP contribution is 2.09. The van der Waals surface area contributed by atoms with E-state index in [4.69, 9.17) is 28.7 Å². The van der Waals surface area contributed by atoms with E-state index in [0.717, 1.165) is 0 Å².